The van der Waals surface area contributed by atoms with Gasteiger partial charge in [-0.2, -0.15) is 0 Å². The Hall–Kier alpha value is -2.53. The average Bonchev–Trinajstić information content (AvgIpc) is 3.02. The van der Waals surface area contributed by atoms with Crippen molar-refractivity contribution in [1.29, 1.82) is 0 Å². The van der Waals surface area contributed by atoms with Gasteiger partial charge in [-0.15, -0.1) is 10.2 Å². The molecule has 0 spiro atoms. The highest BCUT2D eigenvalue weighted by molar-refractivity contribution is 5.73. The van der Waals surface area contributed by atoms with Crippen molar-refractivity contribution in [3.63, 3.8) is 0 Å². The minimum Gasteiger partial charge on any atom is -0.479 e. The Kier molecular flexibility index (Phi) is 4.68. The Balaban J connectivity index is 1.73. The SMILES string of the molecule is Cc1nnc(-c2ccc(OC3OC(C(=O)O)C(O)C(O)C3O)cc2)o1. The molecule has 5 unspecified atom stereocenters. The van der Waals surface area contributed by atoms with E-state index in [1.54, 1.807) is 19.1 Å². The normalized spacial score (nSPS) is 29.4. The van der Waals surface area contributed by atoms with Gasteiger partial charge in [0.05, 0.1) is 0 Å². The van der Waals surface area contributed by atoms with Gasteiger partial charge in [0.25, 0.3) is 0 Å². The van der Waals surface area contributed by atoms with Crippen LogP contribution in [0.1, 0.15) is 5.89 Å². The first-order valence-electron chi connectivity index (χ1n) is 7.36. The van der Waals surface area contributed by atoms with Crippen LogP contribution in [0.4, 0.5) is 0 Å². The van der Waals surface area contributed by atoms with Crippen molar-refractivity contribution < 1.29 is 39.1 Å². The summed E-state index contributed by atoms with van der Waals surface area (Å²) >= 11 is 0. The summed E-state index contributed by atoms with van der Waals surface area (Å²) in [6.07, 6.45) is -8.29. The number of hydrogen-bond donors (Lipinski definition) is 4. The summed E-state index contributed by atoms with van der Waals surface area (Å²) in [7, 11) is 0. The molecule has 0 radical (unpaired) electrons. The number of benzene rings is 1. The molecule has 10 nitrogen and oxygen atoms in total. The molecule has 2 aromatic rings. The van der Waals surface area contributed by atoms with E-state index in [0.29, 0.717) is 17.3 Å². The number of aliphatic hydroxyl groups is 3. The van der Waals surface area contributed by atoms with Crippen LogP contribution in [-0.4, -0.2) is 67.3 Å². The zero-order chi connectivity index (χ0) is 18.1. The first-order chi connectivity index (χ1) is 11.9. The van der Waals surface area contributed by atoms with Crippen molar-refractivity contribution in [3.05, 3.63) is 30.2 Å². The average molecular weight is 352 g/mol. The molecule has 2 heterocycles. The Morgan fingerprint density at radius 3 is 2.32 bits per heavy atom. The molecule has 0 saturated carbocycles. The second-order valence-electron chi connectivity index (χ2n) is 5.50. The largest absolute Gasteiger partial charge is 0.479 e. The van der Waals surface area contributed by atoms with Crippen LogP contribution >= 0.6 is 0 Å². The number of carboxylic acids is 1. The highest BCUT2D eigenvalue weighted by Crippen LogP contribution is 2.26. The van der Waals surface area contributed by atoms with Gasteiger partial charge in [0, 0.05) is 12.5 Å². The van der Waals surface area contributed by atoms with Crippen molar-refractivity contribution in [3.8, 4) is 17.2 Å². The lowest BCUT2D eigenvalue weighted by atomic mass is 9.99. The minimum absolute atomic E-state index is 0.247. The molecule has 10 heteroatoms. The molecule has 0 aliphatic carbocycles. The van der Waals surface area contributed by atoms with Gasteiger partial charge in [-0.05, 0) is 24.3 Å². The summed E-state index contributed by atoms with van der Waals surface area (Å²) in [6, 6.07) is 6.30. The molecule has 3 rings (SSSR count). The predicted octanol–water partition coefficient (Wildman–Crippen LogP) is -0.684. The van der Waals surface area contributed by atoms with Crippen molar-refractivity contribution in [2.45, 2.75) is 37.6 Å². The summed E-state index contributed by atoms with van der Waals surface area (Å²) in [5, 5.41) is 45.9. The van der Waals surface area contributed by atoms with Gasteiger partial charge in [-0.3, -0.25) is 0 Å². The molecule has 134 valence electrons. The number of ether oxygens (including phenoxy) is 2. The van der Waals surface area contributed by atoms with Crippen LogP contribution in [0.2, 0.25) is 0 Å². The first kappa shape index (κ1) is 17.3. The Labute approximate surface area is 141 Å². The Bertz CT molecular complexity index is 746. The van der Waals surface area contributed by atoms with Crippen molar-refractivity contribution in [2.75, 3.05) is 0 Å². The third-order valence-electron chi connectivity index (χ3n) is 3.69. The van der Waals surface area contributed by atoms with E-state index in [9.17, 15) is 20.1 Å². The fraction of sp³-hybridized carbons (Fsp3) is 0.400. The number of nitrogens with zero attached hydrogens (tertiary/aromatic N) is 2. The lowest BCUT2D eigenvalue weighted by Gasteiger charge is -2.38. The summed E-state index contributed by atoms with van der Waals surface area (Å²) in [5.41, 5.74) is 0.636. The highest BCUT2D eigenvalue weighted by atomic mass is 16.7. The molecule has 1 aromatic carbocycles. The van der Waals surface area contributed by atoms with E-state index in [4.69, 9.17) is 19.0 Å². The number of carbonyl (C=O) groups is 1. The molecule has 1 aliphatic rings. The van der Waals surface area contributed by atoms with Gasteiger partial charge in [0.2, 0.25) is 18.1 Å². The number of aliphatic hydroxyl groups excluding tert-OH is 3. The molecular weight excluding hydrogens is 336 g/mol. The first-order valence-corrected chi connectivity index (χ1v) is 7.36. The topological polar surface area (TPSA) is 155 Å². The van der Waals surface area contributed by atoms with E-state index in [2.05, 4.69) is 10.2 Å². The maximum atomic E-state index is 11.1. The van der Waals surface area contributed by atoms with E-state index in [1.807, 2.05) is 0 Å². The van der Waals surface area contributed by atoms with Gasteiger partial charge >= 0.3 is 5.97 Å². The quantitative estimate of drug-likeness (QED) is 0.556. The zero-order valence-corrected chi connectivity index (χ0v) is 13.0. The van der Waals surface area contributed by atoms with Crippen molar-refractivity contribution in [2.24, 2.45) is 0 Å². The van der Waals surface area contributed by atoms with E-state index < -0.39 is 36.7 Å². The highest BCUT2D eigenvalue weighted by Gasteiger charge is 2.48. The molecule has 0 amide bonds. The van der Waals surface area contributed by atoms with Crippen LogP contribution in [-0.2, 0) is 9.53 Å². The number of aromatic nitrogens is 2. The summed E-state index contributed by atoms with van der Waals surface area (Å²) in [4.78, 5) is 11.1. The van der Waals surface area contributed by atoms with E-state index in [0.717, 1.165) is 0 Å². The van der Waals surface area contributed by atoms with E-state index >= 15 is 0 Å². The Morgan fingerprint density at radius 1 is 1.08 bits per heavy atom. The maximum Gasteiger partial charge on any atom is 0.335 e. The fourth-order valence-corrected chi connectivity index (χ4v) is 2.37. The molecule has 4 N–H and O–H groups in total. The summed E-state index contributed by atoms with van der Waals surface area (Å²) in [5.74, 6) is -0.491. The Morgan fingerprint density at radius 2 is 1.76 bits per heavy atom. The minimum atomic E-state index is -1.77. The van der Waals surface area contributed by atoms with Gasteiger partial charge in [-0.25, -0.2) is 4.79 Å². The second-order valence-corrected chi connectivity index (χ2v) is 5.50. The van der Waals surface area contributed by atoms with E-state index in [-0.39, 0.29) is 5.75 Å². The predicted molar refractivity (Wildman–Crippen MR) is 79.4 cm³/mol. The molecule has 1 aliphatic heterocycles. The lowest BCUT2D eigenvalue weighted by molar-refractivity contribution is -0.271. The smallest absolute Gasteiger partial charge is 0.335 e. The number of rotatable bonds is 4. The number of aliphatic carboxylic acids is 1. The molecule has 5 atom stereocenters. The number of aryl methyl sites for hydroxylation is 1. The van der Waals surface area contributed by atoms with Gasteiger partial charge in [0.1, 0.15) is 24.1 Å². The monoisotopic (exact) mass is 352 g/mol. The van der Waals surface area contributed by atoms with Crippen LogP contribution in [0.25, 0.3) is 11.5 Å². The van der Waals surface area contributed by atoms with Crippen molar-refractivity contribution >= 4 is 5.97 Å². The summed E-state index contributed by atoms with van der Waals surface area (Å²) in [6.45, 7) is 1.66. The van der Waals surface area contributed by atoms with Crippen LogP contribution in [0.15, 0.2) is 28.7 Å². The van der Waals surface area contributed by atoms with Gasteiger partial charge < -0.3 is 34.3 Å². The van der Waals surface area contributed by atoms with Gasteiger partial charge in [-0.1, -0.05) is 0 Å². The molecule has 1 saturated heterocycles. The van der Waals surface area contributed by atoms with Crippen molar-refractivity contribution in [1.82, 2.24) is 10.2 Å². The van der Waals surface area contributed by atoms with Crippen LogP contribution < -0.4 is 4.74 Å². The molecule has 1 fully saturated rings. The summed E-state index contributed by atoms with van der Waals surface area (Å²) < 4.78 is 15.7. The lowest BCUT2D eigenvalue weighted by Crippen LogP contribution is -2.61. The standard InChI is InChI=1S/C15H16N2O8/c1-6-16-17-13(23-6)7-2-4-8(5-3-7)24-15-11(20)9(18)10(19)12(25-15)14(21)22/h2-5,9-12,15,18-20H,1H3,(H,21,22). The van der Waals surface area contributed by atoms with Gasteiger partial charge in [0.15, 0.2) is 6.10 Å². The van der Waals surface area contributed by atoms with Crippen LogP contribution in [0.5, 0.6) is 5.75 Å². The molecule has 25 heavy (non-hydrogen) atoms. The third kappa shape index (κ3) is 3.46. The zero-order valence-electron chi connectivity index (χ0n) is 13.0. The number of carboxylic acid groups (broad SMARTS) is 1. The number of hydrogen-bond acceptors (Lipinski definition) is 9. The molecular formula is C15H16N2O8. The third-order valence-corrected chi connectivity index (χ3v) is 3.69. The molecule has 1 aromatic heterocycles. The van der Waals surface area contributed by atoms with Crippen LogP contribution in [0, 0.1) is 6.92 Å². The second kappa shape index (κ2) is 6.76. The van der Waals surface area contributed by atoms with E-state index in [1.165, 1.54) is 12.1 Å². The maximum absolute atomic E-state index is 11.1. The van der Waals surface area contributed by atoms with Crippen LogP contribution in [0.3, 0.4) is 0 Å². The fourth-order valence-electron chi connectivity index (χ4n) is 2.37. The molecule has 0 bridgehead atoms.